The second kappa shape index (κ2) is 11.9. The van der Waals surface area contributed by atoms with Crippen molar-refractivity contribution in [3.05, 3.63) is 34.9 Å². The van der Waals surface area contributed by atoms with Gasteiger partial charge in [-0.25, -0.2) is 9.59 Å². The molecule has 164 valence electrons. The molecule has 0 bridgehead atoms. The Labute approximate surface area is 174 Å². The third-order valence-electron chi connectivity index (χ3n) is 5.71. The molecule has 1 aliphatic carbocycles. The van der Waals surface area contributed by atoms with Gasteiger partial charge in [-0.1, -0.05) is 37.6 Å². The lowest BCUT2D eigenvalue weighted by molar-refractivity contribution is -0.137. The first-order valence-corrected chi connectivity index (χ1v) is 10.2. The van der Waals surface area contributed by atoms with Gasteiger partial charge in [-0.05, 0) is 51.4 Å². The van der Waals surface area contributed by atoms with Gasteiger partial charge in [0.1, 0.15) is 0 Å². The molecule has 0 aromatic heterocycles. The summed E-state index contributed by atoms with van der Waals surface area (Å²) >= 11 is 0. The molecule has 0 spiro atoms. The molecule has 0 unspecified atom stereocenters. The highest BCUT2D eigenvalue weighted by Gasteiger charge is 2.32. The Morgan fingerprint density at radius 1 is 1.03 bits per heavy atom. The lowest BCUT2D eigenvalue weighted by atomic mass is 9.87. The van der Waals surface area contributed by atoms with Gasteiger partial charge >= 0.3 is 11.9 Å². The monoisotopic (exact) mass is 408 g/mol. The maximum atomic E-state index is 12.2. The Balaban J connectivity index is 3.34. The Hall–Kier alpha value is -1.92. The smallest absolute Gasteiger partial charge is 0.333 e. The highest BCUT2D eigenvalue weighted by atomic mass is 16.5. The second-order valence-electron chi connectivity index (χ2n) is 7.91. The molecule has 0 fully saturated rings. The topological polar surface area (TPSA) is 82.1 Å². The van der Waals surface area contributed by atoms with Crippen LogP contribution in [0.3, 0.4) is 0 Å². The summed E-state index contributed by atoms with van der Waals surface area (Å²) in [6.07, 6.45) is 7.91. The van der Waals surface area contributed by atoms with Crippen LogP contribution >= 0.6 is 0 Å². The van der Waals surface area contributed by atoms with E-state index in [0.717, 1.165) is 5.57 Å². The maximum absolute atomic E-state index is 12.2. The van der Waals surface area contributed by atoms with Crippen molar-refractivity contribution in [2.75, 3.05) is 21.3 Å². The van der Waals surface area contributed by atoms with Gasteiger partial charge in [-0.2, -0.15) is 0 Å². The summed E-state index contributed by atoms with van der Waals surface area (Å²) in [6, 6.07) is 0. The van der Waals surface area contributed by atoms with Crippen LogP contribution in [0, 0.1) is 5.92 Å². The van der Waals surface area contributed by atoms with Crippen molar-refractivity contribution in [2.24, 2.45) is 5.92 Å². The van der Waals surface area contributed by atoms with Gasteiger partial charge in [0.15, 0.2) is 0 Å². The molecule has 6 heteroatoms. The third kappa shape index (κ3) is 7.44. The van der Waals surface area contributed by atoms with E-state index in [0.29, 0.717) is 49.7 Å². The minimum Gasteiger partial charge on any atom is -0.466 e. The number of allylic oxidation sites excluding steroid dienone is 4. The number of methoxy groups -OCH3 is 3. The Morgan fingerprint density at radius 3 is 2.21 bits per heavy atom. The molecular weight excluding hydrogens is 372 g/mol. The van der Waals surface area contributed by atoms with E-state index < -0.39 is 17.7 Å². The van der Waals surface area contributed by atoms with Gasteiger partial charge in [0, 0.05) is 18.3 Å². The van der Waals surface area contributed by atoms with Crippen molar-refractivity contribution in [1.29, 1.82) is 0 Å². The normalized spacial score (nSPS) is 30.1. The van der Waals surface area contributed by atoms with E-state index in [1.165, 1.54) is 14.2 Å². The van der Waals surface area contributed by atoms with E-state index in [2.05, 4.69) is 13.8 Å². The van der Waals surface area contributed by atoms with E-state index in [-0.39, 0.29) is 11.9 Å². The van der Waals surface area contributed by atoms with Crippen molar-refractivity contribution in [1.82, 2.24) is 0 Å². The molecule has 0 aliphatic heterocycles. The highest BCUT2D eigenvalue weighted by Crippen LogP contribution is 2.28. The Morgan fingerprint density at radius 2 is 1.66 bits per heavy atom. The van der Waals surface area contributed by atoms with Crippen molar-refractivity contribution in [3.63, 3.8) is 0 Å². The van der Waals surface area contributed by atoms with E-state index in [1.54, 1.807) is 13.2 Å². The molecule has 0 aromatic carbocycles. The van der Waals surface area contributed by atoms with E-state index in [9.17, 15) is 14.7 Å². The number of ether oxygens (including phenoxy) is 3. The summed E-state index contributed by atoms with van der Waals surface area (Å²) < 4.78 is 15.4. The summed E-state index contributed by atoms with van der Waals surface area (Å²) in [5, 5.41) is 10.7. The Kier molecular flexibility index (Phi) is 10.3. The fraction of sp³-hybridized carbons (Fsp3) is 0.652. The van der Waals surface area contributed by atoms with Crippen LogP contribution in [0.4, 0.5) is 0 Å². The van der Waals surface area contributed by atoms with Gasteiger partial charge in [-0.15, -0.1) is 0 Å². The number of aliphatic hydroxyl groups is 1. The minimum absolute atomic E-state index is 0.263. The van der Waals surface area contributed by atoms with Crippen molar-refractivity contribution in [2.45, 2.75) is 71.0 Å². The van der Waals surface area contributed by atoms with Crippen LogP contribution in [0.5, 0.6) is 0 Å². The average molecular weight is 409 g/mol. The minimum atomic E-state index is -0.790. The summed E-state index contributed by atoms with van der Waals surface area (Å²) in [6.45, 7) is 6.00. The number of hydrogen-bond acceptors (Lipinski definition) is 6. The average Bonchev–Trinajstić information content (AvgIpc) is 2.71. The number of carbonyl (C=O) groups is 2. The first kappa shape index (κ1) is 25.1. The molecule has 0 radical (unpaired) electrons. The highest BCUT2D eigenvalue weighted by molar-refractivity contribution is 5.89. The summed E-state index contributed by atoms with van der Waals surface area (Å²) in [7, 11) is 4.29. The molecule has 6 nitrogen and oxygen atoms in total. The van der Waals surface area contributed by atoms with E-state index >= 15 is 0 Å². The number of aliphatic hydroxyl groups excluding tert-OH is 1. The molecular formula is C23H36O6. The van der Waals surface area contributed by atoms with Gasteiger partial charge in [0.25, 0.3) is 0 Å². The maximum Gasteiger partial charge on any atom is 0.333 e. The molecule has 1 aliphatic rings. The lowest BCUT2D eigenvalue weighted by Crippen LogP contribution is -2.41. The largest absolute Gasteiger partial charge is 0.466 e. The van der Waals surface area contributed by atoms with Crippen molar-refractivity contribution < 1.29 is 28.9 Å². The molecule has 0 saturated carbocycles. The van der Waals surface area contributed by atoms with E-state index in [1.807, 2.05) is 19.1 Å². The molecule has 0 heterocycles. The van der Waals surface area contributed by atoms with Gasteiger partial charge in [-0.3, -0.25) is 0 Å². The quantitative estimate of drug-likeness (QED) is 0.711. The van der Waals surface area contributed by atoms with Gasteiger partial charge < -0.3 is 19.3 Å². The molecule has 0 amide bonds. The molecule has 29 heavy (non-hydrogen) atoms. The summed E-state index contributed by atoms with van der Waals surface area (Å²) in [4.78, 5) is 24.4. The predicted octanol–water partition coefficient (Wildman–Crippen LogP) is 3.89. The van der Waals surface area contributed by atoms with Crippen LogP contribution in [0.2, 0.25) is 0 Å². The van der Waals surface area contributed by atoms with E-state index in [4.69, 9.17) is 14.2 Å². The fourth-order valence-electron chi connectivity index (χ4n) is 3.39. The number of carbonyl (C=O) groups excluding carboxylic acids is 2. The SMILES string of the molecule is COC(=O)/C1=C\CC[C@@](C)(OC)[C@@H](O)CC/C(C(=O)OC)=C\C=C(/C(C)C)CC1. The first-order valence-electron chi connectivity index (χ1n) is 10.2. The number of esters is 2. The van der Waals surface area contributed by atoms with Crippen LogP contribution in [-0.2, 0) is 23.8 Å². The zero-order valence-corrected chi connectivity index (χ0v) is 18.6. The molecule has 1 N–H and O–H groups in total. The summed E-state index contributed by atoms with van der Waals surface area (Å²) in [5.41, 5.74) is 1.45. The molecule has 0 saturated heterocycles. The predicted molar refractivity (Wildman–Crippen MR) is 112 cm³/mol. The van der Waals surface area contributed by atoms with Crippen LogP contribution in [-0.4, -0.2) is 50.1 Å². The van der Waals surface area contributed by atoms with Crippen LogP contribution < -0.4 is 0 Å². The van der Waals surface area contributed by atoms with Crippen molar-refractivity contribution >= 4 is 11.9 Å². The second-order valence-corrected chi connectivity index (χ2v) is 7.91. The number of rotatable bonds is 4. The van der Waals surface area contributed by atoms with Crippen molar-refractivity contribution in [3.8, 4) is 0 Å². The van der Waals surface area contributed by atoms with Gasteiger partial charge in [0.2, 0.25) is 0 Å². The molecule has 1 rings (SSSR count). The Bertz CT molecular complexity index is 658. The summed E-state index contributed by atoms with van der Waals surface area (Å²) in [5.74, 6) is -0.483. The zero-order chi connectivity index (χ0) is 22.0. The lowest BCUT2D eigenvalue weighted by Gasteiger charge is -2.33. The third-order valence-corrected chi connectivity index (χ3v) is 5.71. The van der Waals surface area contributed by atoms with Crippen LogP contribution in [0.15, 0.2) is 34.9 Å². The first-order chi connectivity index (χ1) is 13.7. The molecule has 0 aromatic rings. The zero-order valence-electron chi connectivity index (χ0n) is 18.6. The van der Waals surface area contributed by atoms with Gasteiger partial charge in [0.05, 0.1) is 25.9 Å². The standard InChI is InChI=1S/C23H36O6/c1-16(2)17-9-11-18(21(25)27-4)8-7-15-23(3,29-6)20(24)14-13-19(12-10-17)22(26)28-5/h8,10,12,16,20,24H,7,9,11,13-15H2,1-6H3/b17-10-,18-8-,19-12+/t20-,23+/m0/s1. The molecule has 2 atom stereocenters. The van der Waals surface area contributed by atoms with Crippen LogP contribution in [0.1, 0.15) is 59.3 Å². The van der Waals surface area contributed by atoms with Crippen LogP contribution in [0.25, 0.3) is 0 Å². The number of hydrogen-bond donors (Lipinski definition) is 1. The fourth-order valence-corrected chi connectivity index (χ4v) is 3.39.